The minimum Gasteiger partial charge on any atom is -0.492 e. The monoisotopic (exact) mass is 309 g/mol. The minimum absolute atomic E-state index is 0.704. The maximum Gasteiger partial charge on any atom is 0.119 e. The lowest BCUT2D eigenvalue weighted by atomic mass is 9.84. The normalized spacial score (nSPS) is 15.5. The standard InChI is InChI=1S/C21H27NO/c1-3-7-18(8-4-1)17-22-15-16-23-21-13-11-20(12-14-21)19-9-5-2-6-10-19/h1,3-4,7-8,11-14,19,22H,2,5-6,9-10,15-17H2. The molecule has 2 nitrogen and oxygen atoms in total. The topological polar surface area (TPSA) is 21.3 Å². The number of hydrogen-bond acceptors (Lipinski definition) is 2. The molecule has 1 fully saturated rings. The number of ether oxygens (including phenoxy) is 1. The largest absolute Gasteiger partial charge is 0.492 e. The second-order valence-electron chi connectivity index (χ2n) is 6.41. The van der Waals surface area contributed by atoms with Crippen LogP contribution in [0.2, 0.25) is 0 Å². The Morgan fingerprint density at radius 1 is 0.870 bits per heavy atom. The second kappa shape index (κ2) is 8.73. The van der Waals surface area contributed by atoms with Crippen LogP contribution < -0.4 is 10.1 Å². The van der Waals surface area contributed by atoms with Crippen LogP contribution in [0.5, 0.6) is 5.75 Å². The molecule has 0 heterocycles. The zero-order valence-electron chi connectivity index (χ0n) is 13.8. The molecule has 0 amide bonds. The van der Waals surface area contributed by atoms with Gasteiger partial charge in [0.15, 0.2) is 0 Å². The molecule has 3 rings (SSSR count). The highest BCUT2D eigenvalue weighted by Gasteiger charge is 2.15. The first-order chi connectivity index (χ1) is 11.4. The Hall–Kier alpha value is -1.80. The predicted octanol–water partition coefficient (Wildman–Crippen LogP) is 4.90. The van der Waals surface area contributed by atoms with Crippen molar-refractivity contribution in [3.8, 4) is 5.75 Å². The molecule has 23 heavy (non-hydrogen) atoms. The van der Waals surface area contributed by atoms with Crippen LogP contribution in [0.3, 0.4) is 0 Å². The van der Waals surface area contributed by atoms with Crippen molar-refractivity contribution in [3.05, 3.63) is 65.7 Å². The first-order valence-corrected chi connectivity index (χ1v) is 8.89. The molecule has 1 saturated carbocycles. The van der Waals surface area contributed by atoms with Crippen molar-refractivity contribution in [1.82, 2.24) is 5.32 Å². The van der Waals surface area contributed by atoms with Crippen LogP contribution in [0.15, 0.2) is 54.6 Å². The summed E-state index contributed by atoms with van der Waals surface area (Å²) in [6.45, 7) is 2.46. The Balaban J connectivity index is 1.37. The summed E-state index contributed by atoms with van der Waals surface area (Å²) < 4.78 is 5.82. The van der Waals surface area contributed by atoms with Crippen molar-refractivity contribution >= 4 is 0 Å². The van der Waals surface area contributed by atoms with Crippen LogP contribution in [0, 0.1) is 0 Å². The van der Waals surface area contributed by atoms with Gasteiger partial charge in [-0.05, 0) is 42.0 Å². The summed E-state index contributed by atoms with van der Waals surface area (Å²) in [4.78, 5) is 0. The highest BCUT2D eigenvalue weighted by Crippen LogP contribution is 2.33. The summed E-state index contributed by atoms with van der Waals surface area (Å²) in [6, 6.07) is 19.2. The molecule has 0 aromatic heterocycles. The van der Waals surface area contributed by atoms with Gasteiger partial charge in [-0.3, -0.25) is 0 Å². The molecule has 1 aliphatic carbocycles. The van der Waals surface area contributed by atoms with Gasteiger partial charge in [-0.25, -0.2) is 0 Å². The number of benzene rings is 2. The molecule has 0 spiro atoms. The third-order valence-corrected chi connectivity index (χ3v) is 4.68. The van der Waals surface area contributed by atoms with Crippen molar-refractivity contribution in [2.75, 3.05) is 13.2 Å². The van der Waals surface area contributed by atoms with Crippen LogP contribution in [0.4, 0.5) is 0 Å². The van der Waals surface area contributed by atoms with Crippen molar-refractivity contribution < 1.29 is 4.74 Å². The Morgan fingerprint density at radius 2 is 1.61 bits per heavy atom. The SMILES string of the molecule is c1ccc(CNCCOc2ccc(C3CCCCC3)cc2)cc1. The Kier molecular flexibility index (Phi) is 6.10. The third-order valence-electron chi connectivity index (χ3n) is 4.68. The molecule has 2 heteroatoms. The molecular weight excluding hydrogens is 282 g/mol. The van der Waals surface area contributed by atoms with Gasteiger partial charge in [0.05, 0.1) is 0 Å². The molecule has 122 valence electrons. The van der Waals surface area contributed by atoms with E-state index in [2.05, 4.69) is 53.8 Å². The zero-order chi connectivity index (χ0) is 15.7. The first-order valence-electron chi connectivity index (χ1n) is 8.89. The van der Waals surface area contributed by atoms with Crippen molar-refractivity contribution in [1.29, 1.82) is 0 Å². The van der Waals surface area contributed by atoms with Crippen LogP contribution in [-0.2, 0) is 6.54 Å². The van der Waals surface area contributed by atoms with Crippen molar-refractivity contribution in [3.63, 3.8) is 0 Å². The minimum atomic E-state index is 0.704. The number of hydrogen-bond donors (Lipinski definition) is 1. The fourth-order valence-corrected chi connectivity index (χ4v) is 3.34. The third kappa shape index (κ3) is 5.11. The Morgan fingerprint density at radius 3 is 2.35 bits per heavy atom. The summed E-state index contributed by atoms with van der Waals surface area (Å²) in [5.41, 5.74) is 2.79. The lowest BCUT2D eigenvalue weighted by molar-refractivity contribution is 0.313. The first kappa shape index (κ1) is 16.1. The van der Waals surface area contributed by atoms with E-state index in [9.17, 15) is 0 Å². The van der Waals surface area contributed by atoms with Gasteiger partial charge < -0.3 is 10.1 Å². The summed E-state index contributed by atoms with van der Waals surface area (Å²) in [6.07, 6.45) is 6.88. The van der Waals surface area contributed by atoms with E-state index < -0.39 is 0 Å². The number of nitrogens with one attached hydrogen (secondary N) is 1. The smallest absolute Gasteiger partial charge is 0.119 e. The van der Waals surface area contributed by atoms with E-state index in [0.717, 1.165) is 24.8 Å². The van der Waals surface area contributed by atoms with Crippen LogP contribution >= 0.6 is 0 Å². The Bertz CT molecular complexity index is 558. The van der Waals surface area contributed by atoms with Gasteiger partial charge in [0, 0.05) is 13.1 Å². The molecular formula is C21H27NO. The molecule has 2 aromatic carbocycles. The molecule has 0 atom stereocenters. The average molecular weight is 309 g/mol. The molecule has 0 saturated heterocycles. The highest BCUT2D eigenvalue weighted by molar-refractivity contribution is 5.29. The van der Waals surface area contributed by atoms with E-state index in [4.69, 9.17) is 4.74 Å². The van der Waals surface area contributed by atoms with Gasteiger partial charge in [0.2, 0.25) is 0 Å². The maximum absolute atomic E-state index is 5.82. The van der Waals surface area contributed by atoms with Gasteiger partial charge in [-0.15, -0.1) is 0 Å². The molecule has 1 aliphatic rings. The summed E-state index contributed by atoms with van der Waals surface area (Å²) >= 11 is 0. The lowest BCUT2D eigenvalue weighted by Crippen LogP contribution is -2.20. The summed E-state index contributed by atoms with van der Waals surface area (Å²) in [5.74, 6) is 1.75. The van der Waals surface area contributed by atoms with Gasteiger partial charge in [-0.1, -0.05) is 61.7 Å². The average Bonchev–Trinajstić information content (AvgIpc) is 2.64. The van der Waals surface area contributed by atoms with Crippen LogP contribution in [0.25, 0.3) is 0 Å². The molecule has 0 bridgehead atoms. The van der Waals surface area contributed by atoms with Gasteiger partial charge >= 0.3 is 0 Å². The van der Waals surface area contributed by atoms with E-state index >= 15 is 0 Å². The maximum atomic E-state index is 5.82. The molecule has 0 radical (unpaired) electrons. The van der Waals surface area contributed by atoms with E-state index in [0.29, 0.717) is 6.61 Å². The van der Waals surface area contributed by atoms with Crippen molar-refractivity contribution in [2.45, 2.75) is 44.6 Å². The molecule has 1 N–H and O–H groups in total. The molecule has 0 aliphatic heterocycles. The fourth-order valence-electron chi connectivity index (χ4n) is 3.34. The number of rotatable bonds is 7. The summed E-state index contributed by atoms with van der Waals surface area (Å²) in [7, 11) is 0. The van der Waals surface area contributed by atoms with E-state index in [1.54, 1.807) is 0 Å². The zero-order valence-corrected chi connectivity index (χ0v) is 13.8. The molecule has 2 aromatic rings. The predicted molar refractivity (Wildman–Crippen MR) is 95.9 cm³/mol. The van der Waals surface area contributed by atoms with Gasteiger partial charge in [-0.2, -0.15) is 0 Å². The highest BCUT2D eigenvalue weighted by atomic mass is 16.5. The fraction of sp³-hybridized carbons (Fsp3) is 0.429. The molecule has 0 unspecified atom stereocenters. The van der Waals surface area contributed by atoms with Gasteiger partial charge in [0.25, 0.3) is 0 Å². The Labute approximate surface area is 139 Å². The quantitative estimate of drug-likeness (QED) is 0.734. The van der Waals surface area contributed by atoms with E-state index in [1.165, 1.54) is 43.2 Å². The second-order valence-corrected chi connectivity index (χ2v) is 6.41. The van der Waals surface area contributed by atoms with Gasteiger partial charge in [0.1, 0.15) is 12.4 Å². The van der Waals surface area contributed by atoms with Crippen LogP contribution in [0.1, 0.15) is 49.1 Å². The van der Waals surface area contributed by atoms with Crippen molar-refractivity contribution in [2.24, 2.45) is 0 Å². The van der Waals surface area contributed by atoms with E-state index in [-0.39, 0.29) is 0 Å². The van der Waals surface area contributed by atoms with Crippen LogP contribution in [-0.4, -0.2) is 13.2 Å². The lowest BCUT2D eigenvalue weighted by Gasteiger charge is -2.22. The van der Waals surface area contributed by atoms with E-state index in [1.807, 2.05) is 6.07 Å². The summed E-state index contributed by atoms with van der Waals surface area (Å²) in [5, 5.41) is 3.41.